The van der Waals surface area contributed by atoms with Crippen molar-refractivity contribution in [1.29, 1.82) is 0 Å². The highest BCUT2D eigenvalue weighted by Gasteiger charge is 2.57. The van der Waals surface area contributed by atoms with E-state index in [9.17, 15) is 8.23 Å². The molecule has 0 aromatic heterocycles. The Morgan fingerprint density at radius 1 is 0.136 bits per heavy atom. The molecule has 0 heterocycles. The predicted molar refractivity (Wildman–Crippen MR) is 380 cm³/mol. The van der Waals surface area contributed by atoms with Crippen LogP contribution in [0.25, 0.3) is 0 Å². The zero-order chi connectivity index (χ0) is 59.8. The summed E-state index contributed by atoms with van der Waals surface area (Å²) in [5, 5.41) is 0. The predicted octanol–water partition coefficient (Wildman–Crippen LogP) is 28.2. The first-order chi connectivity index (χ1) is 39.6. The SMILES string of the molecule is CCCCCC[Si](CCCCCC)(CCCCCC)O[Si](CCCCCC)(CCCCCC)O[Si](CCCCCC)(CCCCCC)O[Si](CCCCCC)(CCCCCC)O[Si](CCCCCC)(CCCCCC)CCCCCC. The molecule has 0 saturated carbocycles. The van der Waals surface area contributed by atoms with Crippen LogP contribution in [-0.4, -0.2) is 42.3 Å². The van der Waals surface area contributed by atoms with Crippen molar-refractivity contribution in [3.05, 3.63) is 0 Å². The van der Waals surface area contributed by atoms with Gasteiger partial charge in [0.1, 0.15) is 0 Å². The first-order valence-corrected chi connectivity index (χ1v) is 50.1. The molecule has 0 saturated heterocycles. The molecule has 0 rings (SSSR count). The molecule has 0 atom stereocenters. The van der Waals surface area contributed by atoms with Crippen LogP contribution in [0.15, 0.2) is 0 Å². The highest BCUT2D eigenvalue weighted by Crippen LogP contribution is 2.46. The highest BCUT2D eigenvalue weighted by atomic mass is 28.5. The molecular formula is C72H156O4Si5. The Hall–Kier alpha value is 0.924. The molecule has 0 bridgehead atoms. The minimum Gasteiger partial charge on any atom is -0.436 e. The number of rotatable bonds is 68. The van der Waals surface area contributed by atoms with Gasteiger partial charge in [0.15, 0.2) is 16.6 Å². The van der Waals surface area contributed by atoms with Crippen molar-refractivity contribution in [2.45, 2.75) is 464 Å². The van der Waals surface area contributed by atoms with E-state index < -0.39 is 42.3 Å². The van der Waals surface area contributed by atoms with Crippen LogP contribution < -0.4 is 0 Å². The van der Waals surface area contributed by atoms with Crippen molar-refractivity contribution in [3.63, 3.8) is 0 Å². The fraction of sp³-hybridized carbons (Fsp3) is 1.00. The van der Waals surface area contributed by atoms with Crippen molar-refractivity contribution >= 4 is 42.3 Å². The lowest BCUT2D eigenvalue weighted by atomic mass is 10.2. The normalized spacial score (nSPS) is 12.9. The van der Waals surface area contributed by atoms with Crippen molar-refractivity contribution in [1.82, 2.24) is 0 Å². The summed E-state index contributed by atoms with van der Waals surface area (Å²) in [5.41, 5.74) is 0. The molecule has 0 radical (unpaired) electrons. The maximum Gasteiger partial charge on any atom is 0.320 e. The van der Waals surface area contributed by atoms with E-state index in [1.807, 2.05) is 0 Å². The number of hydrogen-bond acceptors (Lipinski definition) is 4. The molecule has 0 N–H and O–H groups in total. The first-order valence-electron chi connectivity index (χ1n) is 38.4. The Morgan fingerprint density at radius 2 is 0.259 bits per heavy atom. The van der Waals surface area contributed by atoms with Crippen LogP contribution >= 0.6 is 0 Å². The van der Waals surface area contributed by atoms with Crippen LogP contribution in [0.2, 0.25) is 72.5 Å². The fourth-order valence-corrected chi connectivity index (χ4v) is 46.8. The summed E-state index contributed by atoms with van der Waals surface area (Å²) in [6.45, 7) is 29.0. The Balaban J connectivity index is 9.28. The summed E-state index contributed by atoms with van der Waals surface area (Å²) in [4.78, 5) is 0. The molecule has 0 aliphatic heterocycles. The molecule has 0 spiro atoms. The Bertz CT molecular complexity index is 1090. The molecule has 0 amide bonds. The maximum absolute atomic E-state index is 9.19. The lowest BCUT2D eigenvalue weighted by Gasteiger charge is -2.51. The van der Waals surface area contributed by atoms with Gasteiger partial charge in [0, 0.05) is 0 Å². The smallest absolute Gasteiger partial charge is 0.320 e. The van der Waals surface area contributed by atoms with Crippen LogP contribution in [0.5, 0.6) is 0 Å². The zero-order valence-corrected chi connectivity index (χ0v) is 63.6. The van der Waals surface area contributed by atoms with Gasteiger partial charge in [-0.15, -0.1) is 0 Å². The summed E-state index contributed by atoms with van der Waals surface area (Å²) in [7, 11) is -13.2. The summed E-state index contributed by atoms with van der Waals surface area (Å²) < 4.78 is 36.4. The molecule has 9 heteroatoms. The van der Waals surface area contributed by atoms with Gasteiger partial charge in [-0.05, 0) is 72.5 Å². The van der Waals surface area contributed by atoms with Gasteiger partial charge in [-0.25, -0.2) is 0 Å². The average Bonchev–Trinajstić information content (AvgIpc) is 3.64. The highest BCUT2D eigenvalue weighted by molar-refractivity contribution is 6.93. The van der Waals surface area contributed by atoms with Crippen molar-refractivity contribution in [2.75, 3.05) is 0 Å². The largest absolute Gasteiger partial charge is 0.436 e. The van der Waals surface area contributed by atoms with E-state index in [4.69, 9.17) is 8.23 Å². The van der Waals surface area contributed by atoms with Gasteiger partial charge in [0.25, 0.3) is 0 Å². The standard InChI is InChI=1S/C72H156O4Si5/c1-13-25-37-49-61-77(62-50-38-26-14-2,63-51-39-27-15-3)73-79(67-55-43-31-19-7,68-56-44-32-20-8)75-81(71-59-47-35-23-11,72-60-48-36-24-12)76-80(69-57-45-33-21-9,70-58-46-34-22-10)74-78(64-52-40-28-16-4,65-53-41-29-17-5)66-54-42-30-18-6/h13-72H2,1-12H3. The van der Waals surface area contributed by atoms with Crippen LogP contribution in [-0.2, 0) is 16.5 Å². The van der Waals surface area contributed by atoms with E-state index in [0.717, 1.165) is 0 Å². The molecule has 488 valence electrons. The van der Waals surface area contributed by atoms with Gasteiger partial charge in [-0.2, -0.15) is 0 Å². The molecule has 0 unspecified atom stereocenters. The number of unbranched alkanes of at least 4 members (excludes halogenated alkanes) is 36. The molecule has 0 aliphatic rings. The third-order valence-corrected chi connectivity index (χ3v) is 45.6. The zero-order valence-electron chi connectivity index (χ0n) is 58.6. The summed E-state index contributed by atoms with van der Waals surface area (Å²) in [6, 6.07) is 15.4. The van der Waals surface area contributed by atoms with Gasteiger partial charge < -0.3 is 16.5 Å². The molecular weight excluding hydrogens is 1070 g/mol. The minimum atomic E-state index is -2.99. The van der Waals surface area contributed by atoms with Gasteiger partial charge in [-0.3, -0.25) is 0 Å². The van der Waals surface area contributed by atoms with Gasteiger partial charge in [0.05, 0.1) is 0 Å². The van der Waals surface area contributed by atoms with Crippen LogP contribution in [0.1, 0.15) is 391 Å². The van der Waals surface area contributed by atoms with Crippen molar-refractivity contribution < 1.29 is 16.5 Å². The van der Waals surface area contributed by atoms with E-state index in [1.165, 1.54) is 381 Å². The van der Waals surface area contributed by atoms with E-state index >= 15 is 0 Å². The van der Waals surface area contributed by atoms with Gasteiger partial charge >= 0.3 is 25.7 Å². The minimum absolute atomic E-state index is 1.18. The topological polar surface area (TPSA) is 36.9 Å². The summed E-state index contributed by atoms with van der Waals surface area (Å²) >= 11 is 0. The van der Waals surface area contributed by atoms with E-state index in [2.05, 4.69) is 83.1 Å². The third kappa shape index (κ3) is 42.5. The second kappa shape index (κ2) is 57.4. The van der Waals surface area contributed by atoms with Crippen LogP contribution in [0.3, 0.4) is 0 Å². The molecule has 4 nitrogen and oxygen atoms in total. The monoisotopic (exact) mass is 1230 g/mol. The Labute approximate surface area is 519 Å². The first kappa shape index (κ1) is 81.9. The van der Waals surface area contributed by atoms with Gasteiger partial charge in [-0.1, -0.05) is 391 Å². The second-order valence-electron chi connectivity index (χ2n) is 27.2. The van der Waals surface area contributed by atoms with Crippen LogP contribution in [0, 0.1) is 0 Å². The second-order valence-corrected chi connectivity index (χ2v) is 46.7. The number of hydrogen-bond donors (Lipinski definition) is 0. The Morgan fingerprint density at radius 3 is 0.395 bits per heavy atom. The third-order valence-electron chi connectivity index (χ3n) is 18.9. The lowest BCUT2D eigenvalue weighted by Crippen LogP contribution is -2.65. The van der Waals surface area contributed by atoms with E-state index in [1.54, 1.807) is 0 Å². The van der Waals surface area contributed by atoms with Gasteiger partial charge in [0.2, 0.25) is 0 Å². The van der Waals surface area contributed by atoms with Crippen LogP contribution in [0.4, 0.5) is 0 Å². The molecule has 0 aromatic rings. The fourth-order valence-electron chi connectivity index (χ4n) is 13.7. The molecule has 0 aliphatic carbocycles. The molecule has 0 aromatic carbocycles. The quantitative estimate of drug-likeness (QED) is 0.0449. The summed E-state index contributed by atoms with van der Waals surface area (Å²) in [5.74, 6) is 0. The maximum atomic E-state index is 9.19. The van der Waals surface area contributed by atoms with Crippen molar-refractivity contribution in [2.24, 2.45) is 0 Å². The molecule has 81 heavy (non-hydrogen) atoms. The summed E-state index contributed by atoms with van der Waals surface area (Å²) in [6.07, 6.45) is 63.8. The van der Waals surface area contributed by atoms with Crippen molar-refractivity contribution in [3.8, 4) is 0 Å². The molecule has 0 fully saturated rings. The van der Waals surface area contributed by atoms with E-state index in [-0.39, 0.29) is 0 Å². The lowest BCUT2D eigenvalue weighted by molar-refractivity contribution is 0.257. The Kier molecular flexibility index (Phi) is 58.0. The average molecular weight is 1230 g/mol. The van der Waals surface area contributed by atoms with E-state index in [0.29, 0.717) is 0 Å².